The molecule has 0 fully saturated rings. The van der Waals surface area contributed by atoms with E-state index in [2.05, 4.69) is 6.08 Å². The third-order valence-corrected chi connectivity index (χ3v) is 2.33. The summed E-state index contributed by atoms with van der Waals surface area (Å²) in [5, 5.41) is 0. The van der Waals surface area contributed by atoms with Gasteiger partial charge >= 0.3 is 6.09 Å². The molecule has 0 radical (unpaired) electrons. The van der Waals surface area contributed by atoms with E-state index in [1.165, 1.54) is 17.7 Å². The van der Waals surface area contributed by atoms with Crippen LogP contribution in [0.15, 0.2) is 12.2 Å². The Labute approximate surface area is 85.7 Å². The predicted octanol–water partition coefficient (Wildman–Crippen LogP) is 2.57. The third-order valence-electron chi connectivity index (χ3n) is 2.33. The summed E-state index contributed by atoms with van der Waals surface area (Å²) in [6, 6.07) is 0. The smallest absolute Gasteiger partial charge is 0.409 e. The molecule has 0 bridgehead atoms. The summed E-state index contributed by atoms with van der Waals surface area (Å²) in [4.78, 5) is 12.7. The molecule has 0 heterocycles. The fraction of sp³-hybridized carbons (Fsp3) is 0.727. The third kappa shape index (κ3) is 3.81. The van der Waals surface area contributed by atoms with Crippen molar-refractivity contribution >= 4 is 6.09 Å². The van der Waals surface area contributed by atoms with Crippen LogP contribution in [0, 0.1) is 0 Å². The van der Waals surface area contributed by atoms with Crippen molar-refractivity contribution in [3.63, 3.8) is 0 Å². The number of nitrogens with zero attached hydrogens (tertiary/aromatic N) is 1. The lowest BCUT2D eigenvalue weighted by atomic mass is 10.0. The molecule has 80 valence electrons. The van der Waals surface area contributed by atoms with Gasteiger partial charge in [0.25, 0.3) is 0 Å². The first-order valence-corrected chi connectivity index (χ1v) is 5.25. The van der Waals surface area contributed by atoms with E-state index < -0.39 is 0 Å². The predicted molar refractivity (Wildman–Crippen MR) is 56.2 cm³/mol. The Morgan fingerprint density at radius 1 is 1.36 bits per heavy atom. The summed E-state index contributed by atoms with van der Waals surface area (Å²) >= 11 is 0. The molecule has 3 heteroatoms. The molecule has 0 aromatic carbocycles. The Morgan fingerprint density at radius 3 is 2.86 bits per heavy atom. The molecule has 1 atom stereocenters. The maximum absolute atomic E-state index is 11.3. The van der Waals surface area contributed by atoms with Gasteiger partial charge < -0.3 is 9.64 Å². The molecule has 3 nitrogen and oxygen atoms in total. The molecule has 14 heavy (non-hydrogen) atoms. The first kappa shape index (κ1) is 11.1. The van der Waals surface area contributed by atoms with Crippen LogP contribution in [-0.2, 0) is 4.74 Å². The van der Waals surface area contributed by atoms with Crippen LogP contribution >= 0.6 is 0 Å². The van der Waals surface area contributed by atoms with Crippen LogP contribution < -0.4 is 0 Å². The van der Waals surface area contributed by atoms with Crippen molar-refractivity contribution < 1.29 is 9.53 Å². The molecule has 0 N–H and O–H groups in total. The van der Waals surface area contributed by atoms with Crippen LogP contribution in [0.1, 0.15) is 32.1 Å². The average molecular weight is 197 g/mol. The molecule has 1 aliphatic carbocycles. The summed E-state index contributed by atoms with van der Waals surface area (Å²) < 4.78 is 5.29. The van der Waals surface area contributed by atoms with E-state index in [0.717, 1.165) is 19.3 Å². The van der Waals surface area contributed by atoms with Crippen LogP contribution in [0.4, 0.5) is 4.79 Å². The Balaban J connectivity index is 2.41. The summed E-state index contributed by atoms with van der Waals surface area (Å²) in [5.41, 5.74) is 0. The van der Waals surface area contributed by atoms with E-state index in [-0.39, 0.29) is 12.2 Å². The minimum Gasteiger partial charge on any atom is -0.442 e. The molecular weight excluding hydrogens is 178 g/mol. The Kier molecular flexibility index (Phi) is 4.50. The number of rotatable bonds is 1. The second-order valence-electron chi connectivity index (χ2n) is 3.88. The Morgan fingerprint density at radius 2 is 2.14 bits per heavy atom. The second-order valence-corrected chi connectivity index (χ2v) is 3.88. The van der Waals surface area contributed by atoms with E-state index in [0.29, 0.717) is 0 Å². The summed E-state index contributed by atoms with van der Waals surface area (Å²) in [5.74, 6) is 0. The molecule has 0 saturated carbocycles. The molecule has 0 saturated heterocycles. The minimum absolute atomic E-state index is 0.0230. The van der Waals surface area contributed by atoms with Crippen molar-refractivity contribution in [1.29, 1.82) is 0 Å². The summed E-state index contributed by atoms with van der Waals surface area (Å²) in [6.07, 6.45) is 9.56. The van der Waals surface area contributed by atoms with Gasteiger partial charge in [0.1, 0.15) is 6.10 Å². The van der Waals surface area contributed by atoms with Crippen LogP contribution in [0.3, 0.4) is 0 Å². The summed E-state index contributed by atoms with van der Waals surface area (Å²) in [7, 11) is 3.41. The highest BCUT2D eigenvalue weighted by Crippen LogP contribution is 2.14. The van der Waals surface area contributed by atoms with Gasteiger partial charge in [0, 0.05) is 14.1 Å². The van der Waals surface area contributed by atoms with E-state index in [9.17, 15) is 4.79 Å². The number of hydrogen-bond acceptors (Lipinski definition) is 2. The zero-order chi connectivity index (χ0) is 10.4. The standard InChI is InChI=1S/C11H19NO2/c1-12(2)11(13)14-10-8-6-4-3-5-7-9-10/h6,8,10H,3-5,7,9H2,1-2H3/b8-6+/t10-/m1/s1. The van der Waals surface area contributed by atoms with E-state index in [1.54, 1.807) is 14.1 Å². The molecule has 0 aromatic rings. The van der Waals surface area contributed by atoms with Gasteiger partial charge in [0.2, 0.25) is 0 Å². The first-order valence-electron chi connectivity index (χ1n) is 5.25. The van der Waals surface area contributed by atoms with Gasteiger partial charge in [-0.25, -0.2) is 4.79 Å². The van der Waals surface area contributed by atoms with Gasteiger partial charge in [0.05, 0.1) is 0 Å². The summed E-state index contributed by atoms with van der Waals surface area (Å²) in [6.45, 7) is 0. The molecular formula is C11H19NO2. The molecule has 0 unspecified atom stereocenters. The van der Waals surface area contributed by atoms with Gasteiger partial charge in [-0.15, -0.1) is 0 Å². The maximum Gasteiger partial charge on any atom is 0.409 e. The van der Waals surface area contributed by atoms with Crippen LogP contribution in [0.2, 0.25) is 0 Å². The number of carbonyl (C=O) groups is 1. The van der Waals surface area contributed by atoms with Crippen LogP contribution in [0.5, 0.6) is 0 Å². The monoisotopic (exact) mass is 197 g/mol. The Hall–Kier alpha value is -0.990. The largest absolute Gasteiger partial charge is 0.442 e. The Bertz CT molecular complexity index is 211. The van der Waals surface area contributed by atoms with Gasteiger partial charge in [0.15, 0.2) is 0 Å². The quantitative estimate of drug-likeness (QED) is 0.605. The normalized spacial score (nSPS) is 24.6. The van der Waals surface area contributed by atoms with Crippen molar-refractivity contribution in [2.75, 3.05) is 14.1 Å². The zero-order valence-electron chi connectivity index (χ0n) is 9.03. The van der Waals surface area contributed by atoms with E-state index >= 15 is 0 Å². The molecule has 0 aliphatic heterocycles. The number of allylic oxidation sites excluding steroid dienone is 1. The fourth-order valence-corrected chi connectivity index (χ4v) is 1.46. The van der Waals surface area contributed by atoms with Gasteiger partial charge in [-0.2, -0.15) is 0 Å². The highest BCUT2D eigenvalue weighted by molar-refractivity contribution is 5.67. The number of carbonyl (C=O) groups excluding carboxylic acids is 1. The van der Waals surface area contributed by atoms with Crippen LogP contribution in [-0.4, -0.2) is 31.2 Å². The van der Waals surface area contributed by atoms with E-state index in [4.69, 9.17) is 4.74 Å². The van der Waals surface area contributed by atoms with Gasteiger partial charge in [-0.3, -0.25) is 0 Å². The topological polar surface area (TPSA) is 29.5 Å². The second kappa shape index (κ2) is 5.68. The number of amides is 1. The fourth-order valence-electron chi connectivity index (χ4n) is 1.46. The average Bonchev–Trinajstić information content (AvgIpc) is 2.08. The molecule has 0 spiro atoms. The molecule has 1 aliphatic rings. The number of ether oxygens (including phenoxy) is 1. The zero-order valence-corrected chi connectivity index (χ0v) is 9.03. The SMILES string of the molecule is CN(C)C(=O)O[C@@H]1/C=C/CCCCC1. The van der Waals surface area contributed by atoms with Crippen molar-refractivity contribution in [3.8, 4) is 0 Å². The van der Waals surface area contributed by atoms with Crippen molar-refractivity contribution in [2.24, 2.45) is 0 Å². The van der Waals surface area contributed by atoms with Crippen molar-refractivity contribution in [1.82, 2.24) is 4.90 Å². The first-order chi connectivity index (χ1) is 6.70. The highest BCUT2D eigenvalue weighted by Gasteiger charge is 2.13. The lowest BCUT2D eigenvalue weighted by molar-refractivity contribution is 0.0888. The lowest BCUT2D eigenvalue weighted by Crippen LogP contribution is -2.27. The lowest BCUT2D eigenvalue weighted by Gasteiger charge is -2.18. The maximum atomic E-state index is 11.3. The molecule has 1 amide bonds. The van der Waals surface area contributed by atoms with Gasteiger partial charge in [-0.1, -0.05) is 12.5 Å². The van der Waals surface area contributed by atoms with E-state index in [1.807, 2.05) is 6.08 Å². The van der Waals surface area contributed by atoms with Crippen molar-refractivity contribution in [3.05, 3.63) is 12.2 Å². The number of hydrogen-bond donors (Lipinski definition) is 0. The van der Waals surface area contributed by atoms with Gasteiger partial charge in [-0.05, 0) is 31.8 Å². The minimum atomic E-state index is -0.250. The molecule has 1 rings (SSSR count). The molecule has 0 aromatic heterocycles. The highest BCUT2D eigenvalue weighted by atomic mass is 16.6. The van der Waals surface area contributed by atoms with Crippen LogP contribution in [0.25, 0.3) is 0 Å². The van der Waals surface area contributed by atoms with Crippen molar-refractivity contribution in [2.45, 2.75) is 38.2 Å².